The molecule has 0 unspecified atom stereocenters. The van der Waals surface area contributed by atoms with Crippen LogP contribution in [-0.4, -0.2) is 45.6 Å². The maximum atomic E-state index is 12.1. The molecule has 3 N–H and O–H groups in total. The van der Waals surface area contributed by atoms with Gasteiger partial charge in [0, 0.05) is 13.5 Å². The van der Waals surface area contributed by atoms with E-state index >= 15 is 0 Å². The lowest BCUT2D eigenvalue weighted by Crippen LogP contribution is -2.41. The molecule has 0 spiro atoms. The maximum absolute atomic E-state index is 12.1. The Morgan fingerprint density at radius 1 is 1.27 bits per heavy atom. The molecule has 1 aromatic rings. The number of aliphatic carboxylic acids is 1. The van der Waals surface area contributed by atoms with E-state index in [0.717, 1.165) is 0 Å². The summed E-state index contributed by atoms with van der Waals surface area (Å²) in [6.07, 6.45) is -0.247. The number of carbonyl (C=O) groups is 2. The molecule has 0 aliphatic rings. The molecule has 0 saturated heterocycles. The molecule has 8 nitrogen and oxygen atoms in total. The van der Waals surface area contributed by atoms with Gasteiger partial charge in [0.05, 0.1) is 12.0 Å². The molecule has 0 radical (unpaired) electrons. The van der Waals surface area contributed by atoms with E-state index in [9.17, 15) is 18.0 Å². The minimum atomic E-state index is -4.00. The Morgan fingerprint density at radius 2 is 1.86 bits per heavy atom. The van der Waals surface area contributed by atoms with Gasteiger partial charge in [0.2, 0.25) is 15.9 Å². The average molecular weight is 330 g/mol. The van der Waals surface area contributed by atoms with Gasteiger partial charge in [-0.25, -0.2) is 8.42 Å². The lowest BCUT2D eigenvalue weighted by atomic mass is 10.1. The van der Waals surface area contributed by atoms with Crippen molar-refractivity contribution in [1.29, 1.82) is 0 Å². The largest absolute Gasteiger partial charge is 0.497 e. The monoisotopic (exact) mass is 330 g/mol. The Kier molecular flexibility index (Phi) is 6.32. The van der Waals surface area contributed by atoms with Gasteiger partial charge in [0.25, 0.3) is 0 Å². The van der Waals surface area contributed by atoms with Crippen LogP contribution in [0.2, 0.25) is 0 Å². The van der Waals surface area contributed by atoms with Crippen molar-refractivity contribution in [2.45, 2.75) is 23.8 Å². The van der Waals surface area contributed by atoms with E-state index in [4.69, 9.17) is 9.84 Å². The van der Waals surface area contributed by atoms with E-state index in [0.29, 0.717) is 5.75 Å². The number of nitrogens with one attached hydrogen (secondary N) is 2. The average Bonchev–Trinajstić information content (AvgIpc) is 2.50. The molecule has 0 aliphatic carbocycles. The number of rotatable bonds is 8. The number of sulfonamides is 1. The summed E-state index contributed by atoms with van der Waals surface area (Å²) in [6, 6.07) is 4.13. The highest BCUT2D eigenvalue weighted by Gasteiger charge is 2.25. The molecule has 0 saturated carbocycles. The molecule has 0 heterocycles. The molecule has 0 aromatic heterocycles. The highest BCUT2D eigenvalue weighted by molar-refractivity contribution is 7.89. The first-order chi connectivity index (χ1) is 10.3. The molecular weight excluding hydrogens is 312 g/mol. The highest BCUT2D eigenvalue weighted by Crippen LogP contribution is 2.16. The van der Waals surface area contributed by atoms with Gasteiger partial charge in [-0.3, -0.25) is 9.59 Å². The normalized spacial score (nSPS) is 12.5. The van der Waals surface area contributed by atoms with Gasteiger partial charge >= 0.3 is 5.97 Å². The summed E-state index contributed by atoms with van der Waals surface area (Å²) in [5.74, 6) is -1.23. The van der Waals surface area contributed by atoms with Crippen molar-refractivity contribution in [3.8, 4) is 5.75 Å². The third-order valence-electron chi connectivity index (χ3n) is 2.90. The lowest BCUT2D eigenvalue weighted by Gasteiger charge is -2.14. The van der Waals surface area contributed by atoms with Crippen LogP contribution in [0.5, 0.6) is 5.75 Å². The van der Waals surface area contributed by atoms with E-state index in [1.54, 1.807) is 0 Å². The molecule has 9 heteroatoms. The van der Waals surface area contributed by atoms with Gasteiger partial charge in [-0.05, 0) is 30.7 Å². The number of methoxy groups -OCH3 is 1. The first-order valence-corrected chi connectivity index (χ1v) is 7.88. The molecule has 1 rings (SSSR count). The van der Waals surface area contributed by atoms with Crippen LogP contribution in [0.4, 0.5) is 0 Å². The van der Waals surface area contributed by atoms with Crippen LogP contribution in [0.1, 0.15) is 12.8 Å². The Bertz CT molecular complexity index is 626. The Morgan fingerprint density at radius 3 is 2.32 bits per heavy atom. The van der Waals surface area contributed by atoms with Crippen molar-refractivity contribution in [2.24, 2.45) is 0 Å². The Balaban J connectivity index is 2.85. The maximum Gasteiger partial charge on any atom is 0.321 e. The number of hydrogen-bond donors (Lipinski definition) is 3. The van der Waals surface area contributed by atoms with Crippen molar-refractivity contribution in [1.82, 2.24) is 10.0 Å². The lowest BCUT2D eigenvalue weighted by molar-refractivity contribution is -0.139. The SMILES string of the molecule is CNC(=O)CC[C@H](NS(=O)(=O)c1ccc(OC)cc1)C(=O)O. The predicted octanol–water partition coefficient (Wildman–Crippen LogP) is -0.0471. The number of carboxylic acids is 1. The third kappa shape index (κ3) is 5.01. The van der Waals surface area contributed by atoms with Crippen molar-refractivity contribution in [3.05, 3.63) is 24.3 Å². The molecule has 22 heavy (non-hydrogen) atoms. The number of benzene rings is 1. The molecule has 1 aromatic carbocycles. The molecule has 1 amide bonds. The highest BCUT2D eigenvalue weighted by atomic mass is 32.2. The second kappa shape index (κ2) is 7.76. The van der Waals surface area contributed by atoms with Crippen LogP contribution < -0.4 is 14.8 Å². The van der Waals surface area contributed by atoms with Gasteiger partial charge in [-0.2, -0.15) is 4.72 Å². The topological polar surface area (TPSA) is 122 Å². The van der Waals surface area contributed by atoms with E-state index in [-0.39, 0.29) is 23.6 Å². The zero-order valence-corrected chi connectivity index (χ0v) is 13.0. The van der Waals surface area contributed by atoms with Crippen LogP contribution >= 0.6 is 0 Å². The fourth-order valence-electron chi connectivity index (χ4n) is 1.64. The summed E-state index contributed by atoms with van der Waals surface area (Å²) >= 11 is 0. The number of hydrogen-bond acceptors (Lipinski definition) is 5. The van der Waals surface area contributed by atoms with Crippen LogP contribution in [0.3, 0.4) is 0 Å². The fraction of sp³-hybridized carbons (Fsp3) is 0.385. The summed E-state index contributed by atoms with van der Waals surface area (Å²) in [4.78, 5) is 22.2. The first kappa shape index (κ1) is 17.9. The van der Waals surface area contributed by atoms with E-state index in [2.05, 4.69) is 10.0 Å². The molecule has 1 atom stereocenters. The summed E-state index contributed by atoms with van der Waals surface area (Å²) in [5, 5.41) is 11.4. The van der Waals surface area contributed by atoms with Gasteiger partial charge in [-0.15, -0.1) is 0 Å². The van der Waals surface area contributed by atoms with Crippen molar-refractivity contribution < 1.29 is 27.9 Å². The van der Waals surface area contributed by atoms with Crippen molar-refractivity contribution >= 4 is 21.9 Å². The van der Waals surface area contributed by atoms with Crippen LogP contribution in [0.15, 0.2) is 29.2 Å². The third-order valence-corrected chi connectivity index (χ3v) is 4.39. The smallest absolute Gasteiger partial charge is 0.321 e. The minimum Gasteiger partial charge on any atom is -0.497 e. The van der Waals surface area contributed by atoms with Crippen LogP contribution in [-0.2, 0) is 19.6 Å². The quantitative estimate of drug-likeness (QED) is 0.614. The van der Waals surface area contributed by atoms with Crippen molar-refractivity contribution in [2.75, 3.05) is 14.2 Å². The molecular formula is C13H18N2O6S. The zero-order chi connectivity index (χ0) is 16.8. The van der Waals surface area contributed by atoms with Gasteiger partial charge in [0.15, 0.2) is 0 Å². The zero-order valence-electron chi connectivity index (χ0n) is 12.2. The van der Waals surface area contributed by atoms with Crippen molar-refractivity contribution in [3.63, 3.8) is 0 Å². The molecule has 0 bridgehead atoms. The Labute approximate surface area is 128 Å². The standard InChI is InChI=1S/C13H18N2O6S/c1-14-12(16)8-7-11(13(17)18)15-22(19,20)10-5-3-9(21-2)4-6-10/h3-6,11,15H,7-8H2,1-2H3,(H,14,16)(H,17,18)/t11-/m0/s1. The molecule has 0 fully saturated rings. The number of amides is 1. The van der Waals surface area contributed by atoms with Crippen LogP contribution in [0.25, 0.3) is 0 Å². The number of carbonyl (C=O) groups excluding carboxylic acids is 1. The summed E-state index contributed by atoms with van der Waals surface area (Å²) in [7, 11) is -1.14. The second-order valence-corrected chi connectivity index (χ2v) is 6.11. The van der Waals surface area contributed by atoms with Gasteiger partial charge in [-0.1, -0.05) is 0 Å². The summed E-state index contributed by atoms with van der Waals surface area (Å²) < 4.78 is 31.3. The first-order valence-electron chi connectivity index (χ1n) is 6.40. The van der Waals surface area contributed by atoms with E-state index in [1.165, 1.54) is 38.4 Å². The van der Waals surface area contributed by atoms with Gasteiger partial charge < -0.3 is 15.2 Å². The summed E-state index contributed by atoms with van der Waals surface area (Å²) in [5.41, 5.74) is 0. The minimum absolute atomic E-state index is 0.0838. The number of ether oxygens (including phenoxy) is 1. The fourth-order valence-corrected chi connectivity index (χ4v) is 2.87. The Hall–Kier alpha value is -2.13. The van der Waals surface area contributed by atoms with Crippen LogP contribution in [0, 0.1) is 0 Å². The second-order valence-electron chi connectivity index (χ2n) is 4.40. The van der Waals surface area contributed by atoms with E-state index < -0.39 is 22.0 Å². The van der Waals surface area contributed by atoms with Gasteiger partial charge in [0.1, 0.15) is 11.8 Å². The van der Waals surface area contributed by atoms with E-state index in [1.807, 2.05) is 0 Å². The predicted molar refractivity (Wildman–Crippen MR) is 78.0 cm³/mol. The summed E-state index contributed by atoms with van der Waals surface area (Å²) in [6.45, 7) is 0. The molecule has 0 aliphatic heterocycles. The number of carboxylic acid groups (broad SMARTS) is 1. The molecule has 122 valence electrons.